The second-order valence-electron chi connectivity index (χ2n) is 6.52. The van der Waals surface area contributed by atoms with Gasteiger partial charge in [-0.3, -0.25) is 0 Å². The Morgan fingerprint density at radius 2 is 1.92 bits per heavy atom. The molecule has 6 nitrogen and oxygen atoms in total. The second kappa shape index (κ2) is 6.69. The van der Waals surface area contributed by atoms with Crippen LogP contribution in [0.15, 0.2) is 12.1 Å². The molecule has 0 aromatic heterocycles. The molecule has 3 aliphatic rings. The molecule has 2 atom stereocenters. The number of hydrogen-bond donors (Lipinski definition) is 1. The van der Waals surface area contributed by atoms with Crippen molar-refractivity contribution in [2.45, 2.75) is 12.8 Å². The number of amides is 2. The Bertz CT molecular complexity index is 633. The van der Waals surface area contributed by atoms with Crippen molar-refractivity contribution in [2.24, 2.45) is 11.8 Å². The van der Waals surface area contributed by atoms with Gasteiger partial charge in [0.15, 0.2) is 11.5 Å². The number of fused-ring (bicyclic) bond motifs is 1. The third-order valence-corrected chi connectivity index (χ3v) is 5.33. The van der Waals surface area contributed by atoms with Gasteiger partial charge in [0, 0.05) is 38.4 Å². The number of urea groups is 1. The molecule has 24 heavy (non-hydrogen) atoms. The molecule has 1 aromatic rings. The summed E-state index contributed by atoms with van der Waals surface area (Å²) in [6.07, 6.45) is 2.14. The lowest BCUT2D eigenvalue weighted by Gasteiger charge is -2.22. The highest BCUT2D eigenvalue weighted by Crippen LogP contribution is 2.38. The van der Waals surface area contributed by atoms with Gasteiger partial charge in [-0.2, -0.15) is 0 Å². The molecule has 2 fully saturated rings. The minimum Gasteiger partial charge on any atom is -0.486 e. The van der Waals surface area contributed by atoms with Crippen LogP contribution in [0.4, 0.5) is 10.5 Å². The molecule has 2 amide bonds. The van der Waals surface area contributed by atoms with Crippen molar-refractivity contribution in [2.75, 3.05) is 44.8 Å². The molecule has 7 heteroatoms. The Morgan fingerprint density at radius 1 is 1.12 bits per heavy atom. The smallest absolute Gasteiger partial charge is 0.321 e. The molecule has 0 saturated carbocycles. The number of carbonyl (C=O) groups excluding carboxylic acids is 1. The fraction of sp³-hybridized carbons (Fsp3) is 0.588. The highest BCUT2D eigenvalue weighted by molar-refractivity contribution is 6.34. The lowest BCUT2D eigenvalue weighted by atomic mass is 9.91. The van der Waals surface area contributed by atoms with Gasteiger partial charge < -0.3 is 24.4 Å². The van der Waals surface area contributed by atoms with E-state index in [1.54, 1.807) is 12.1 Å². The van der Waals surface area contributed by atoms with E-state index in [1.807, 2.05) is 4.90 Å². The number of nitrogens with zero attached hydrogens (tertiary/aromatic N) is 1. The van der Waals surface area contributed by atoms with Crippen molar-refractivity contribution in [3.05, 3.63) is 17.2 Å². The summed E-state index contributed by atoms with van der Waals surface area (Å²) in [5.74, 6) is 2.35. The SMILES string of the molecule is O=C(Nc1cc2c(cc1Cl)OCCO2)N1CCC(C2CCOC2)C1. The van der Waals surface area contributed by atoms with Gasteiger partial charge in [0.05, 0.1) is 10.7 Å². The summed E-state index contributed by atoms with van der Waals surface area (Å²) < 4.78 is 16.5. The van der Waals surface area contributed by atoms with Crippen LogP contribution in [-0.2, 0) is 4.74 Å². The molecular weight excluding hydrogens is 332 g/mol. The van der Waals surface area contributed by atoms with Crippen LogP contribution in [0.3, 0.4) is 0 Å². The molecule has 1 aromatic carbocycles. The van der Waals surface area contributed by atoms with Gasteiger partial charge in [-0.1, -0.05) is 11.6 Å². The maximum Gasteiger partial charge on any atom is 0.321 e. The van der Waals surface area contributed by atoms with Crippen LogP contribution in [0, 0.1) is 11.8 Å². The van der Waals surface area contributed by atoms with Gasteiger partial charge in [-0.05, 0) is 24.7 Å². The fourth-order valence-corrected chi connectivity index (χ4v) is 3.84. The predicted octanol–water partition coefficient (Wildman–Crippen LogP) is 3.00. The van der Waals surface area contributed by atoms with E-state index in [4.69, 9.17) is 25.8 Å². The Labute approximate surface area is 146 Å². The number of ether oxygens (including phenoxy) is 3. The number of nitrogens with one attached hydrogen (secondary N) is 1. The Hall–Kier alpha value is -1.66. The van der Waals surface area contributed by atoms with Crippen LogP contribution < -0.4 is 14.8 Å². The van der Waals surface area contributed by atoms with Crippen LogP contribution in [0.1, 0.15) is 12.8 Å². The van der Waals surface area contributed by atoms with E-state index < -0.39 is 0 Å². The van der Waals surface area contributed by atoms with Gasteiger partial charge in [0.1, 0.15) is 13.2 Å². The Kier molecular flexibility index (Phi) is 4.41. The topological polar surface area (TPSA) is 60.0 Å². The largest absolute Gasteiger partial charge is 0.486 e. The van der Waals surface area contributed by atoms with Gasteiger partial charge in [0.25, 0.3) is 0 Å². The summed E-state index contributed by atoms with van der Waals surface area (Å²) in [6, 6.07) is 3.30. The normalized spacial score (nSPS) is 25.8. The number of halogens is 1. The summed E-state index contributed by atoms with van der Waals surface area (Å²) in [4.78, 5) is 14.4. The minimum atomic E-state index is -0.116. The number of rotatable bonds is 2. The van der Waals surface area contributed by atoms with E-state index in [-0.39, 0.29) is 6.03 Å². The van der Waals surface area contributed by atoms with Crippen LogP contribution in [0.25, 0.3) is 0 Å². The third-order valence-electron chi connectivity index (χ3n) is 5.02. The minimum absolute atomic E-state index is 0.116. The van der Waals surface area contributed by atoms with Gasteiger partial charge >= 0.3 is 6.03 Å². The lowest BCUT2D eigenvalue weighted by Crippen LogP contribution is -2.34. The molecule has 2 saturated heterocycles. The van der Waals surface area contributed by atoms with E-state index in [1.165, 1.54) is 0 Å². The summed E-state index contributed by atoms with van der Waals surface area (Å²) in [7, 11) is 0. The van der Waals surface area contributed by atoms with Crippen molar-refractivity contribution in [1.29, 1.82) is 0 Å². The highest BCUT2D eigenvalue weighted by Gasteiger charge is 2.34. The maximum atomic E-state index is 12.5. The standard InChI is InChI=1S/C17H21ClN2O4/c18-13-7-15-16(24-6-5-23-15)8-14(13)19-17(21)20-3-1-11(9-20)12-2-4-22-10-12/h7-8,11-12H,1-6,9-10H2,(H,19,21). The van der Waals surface area contributed by atoms with Gasteiger partial charge in [-0.15, -0.1) is 0 Å². The lowest BCUT2D eigenvalue weighted by molar-refractivity contribution is 0.171. The molecular formula is C17H21ClN2O4. The summed E-state index contributed by atoms with van der Waals surface area (Å²) in [5, 5.41) is 3.35. The van der Waals surface area contributed by atoms with E-state index in [0.717, 1.165) is 39.1 Å². The molecule has 3 heterocycles. The Morgan fingerprint density at radius 3 is 2.67 bits per heavy atom. The monoisotopic (exact) mass is 352 g/mol. The number of benzene rings is 1. The second-order valence-corrected chi connectivity index (χ2v) is 6.93. The van der Waals surface area contributed by atoms with E-state index in [0.29, 0.717) is 47.3 Å². The first-order valence-electron chi connectivity index (χ1n) is 8.43. The average Bonchev–Trinajstić information content (AvgIpc) is 3.26. The van der Waals surface area contributed by atoms with Crippen molar-refractivity contribution in [1.82, 2.24) is 4.90 Å². The first kappa shape index (κ1) is 15.8. The first-order valence-corrected chi connectivity index (χ1v) is 8.81. The average molecular weight is 353 g/mol. The fourth-order valence-electron chi connectivity index (χ4n) is 3.64. The molecule has 2 unspecified atom stereocenters. The maximum absolute atomic E-state index is 12.5. The van der Waals surface area contributed by atoms with E-state index >= 15 is 0 Å². The molecule has 0 bridgehead atoms. The predicted molar refractivity (Wildman–Crippen MR) is 90.1 cm³/mol. The highest BCUT2D eigenvalue weighted by atomic mass is 35.5. The molecule has 4 rings (SSSR count). The Balaban J connectivity index is 1.41. The zero-order chi connectivity index (χ0) is 16.5. The zero-order valence-corrected chi connectivity index (χ0v) is 14.2. The summed E-state index contributed by atoms with van der Waals surface area (Å²) >= 11 is 6.26. The van der Waals surface area contributed by atoms with Crippen LogP contribution in [-0.4, -0.2) is 50.4 Å². The quantitative estimate of drug-likeness (QED) is 0.888. The van der Waals surface area contributed by atoms with Crippen LogP contribution in [0.5, 0.6) is 11.5 Å². The van der Waals surface area contributed by atoms with Gasteiger partial charge in [0.2, 0.25) is 0 Å². The molecule has 130 valence electrons. The van der Waals surface area contributed by atoms with Gasteiger partial charge in [-0.25, -0.2) is 4.79 Å². The molecule has 0 aliphatic carbocycles. The first-order chi connectivity index (χ1) is 11.7. The van der Waals surface area contributed by atoms with Crippen LogP contribution >= 0.6 is 11.6 Å². The molecule has 0 radical (unpaired) electrons. The van der Waals surface area contributed by atoms with Crippen molar-refractivity contribution < 1.29 is 19.0 Å². The van der Waals surface area contributed by atoms with E-state index in [9.17, 15) is 4.79 Å². The zero-order valence-electron chi connectivity index (χ0n) is 13.4. The summed E-state index contributed by atoms with van der Waals surface area (Å²) in [5.41, 5.74) is 0.554. The van der Waals surface area contributed by atoms with E-state index in [2.05, 4.69) is 5.32 Å². The van der Waals surface area contributed by atoms with Crippen LogP contribution in [0.2, 0.25) is 5.02 Å². The number of carbonyl (C=O) groups is 1. The van der Waals surface area contributed by atoms with Crippen molar-refractivity contribution in [3.8, 4) is 11.5 Å². The third kappa shape index (κ3) is 3.13. The number of likely N-dealkylation sites (tertiary alicyclic amines) is 1. The molecule has 0 spiro atoms. The molecule has 3 aliphatic heterocycles. The van der Waals surface area contributed by atoms with Crippen molar-refractivity contribution >= 4 is 23.3 Å². The summed E-state index contributed by atoms with van der Waals surface area (Å²) in [6.45, 7) is 4.24. The molecule has 1 N–H and O–H groups in total. The van der Waals surface area contributed by atoms with Crippen molar-refractivity contribution in [3.63, 3.8) is 0 Å². The number of hydrogen-bond acceptors (Lipinski definition) is 4. The number of anilines is 1.